The number of piperidine rings is 1. The fourth-order valence-corrected chi connectivity index (χ4v) is 2.67. The van der Waals surface area contributed by atoms with Gasteiger partial charge in [-0.05, 0) is 43.6 Å². The van der Waals surface area contributed by atoms with Crippen LogP contribution in [0.2, 0.25) is 0 Å². The summed E-state index contributed by atoms with van der Waals surface area (Å²) in [6.07, 6.45) is 1.13. The number of nitrogens with zero attached hydrogens (tertiary/aromatic N) is 2. The molecular formula is C15H20FN3. The molecule has 0 amide bonds. The van der Waals surface area contributed by atoms with Gasteiger partial charge >= 0.3 is 0 Å². The Balaban J connectivity index is 1.94. The maximum Gasteiger partial charge on any atom is 0.140 e. The van der Waals surface area contributed by atoms with E-state index in [2.05, 4.69) is 24.2 Å². The highest BCUT2D eigenvalue weighted by molar-refractivity contribution is 5.34. The van der Waals surface area contributed by atoms with E-state index in [0.717, 1.165) is 25.1 Å². The SMILES string of the molecule is CC1CN(C)CCC1NCc1ccc(F)c(C#N)c1. The average Bonchev–Trinajstić information content (AvgIpc) is 2.39. The Bertz CT molecular complexity index is 481. The monoisotopic (exact) mass is 261 g/mol. The number of nitriles is 1. The van der Waals surface area contributed by atoms with E-state index in [1.165, 1.54) is 6.07 Å². The third-order valence-corrected chi connectivity index (χ3v) is 3.83. The second kappa shape index (κ2) is 6.14. The molecule has 0 radical (unpaired) electrons. The summed E-state index contributed by atoms with van der Waals surface area (Å²) < 4.78 is 13.2. The van der Waals surface area contributed by atoms with Crippen molar-refractivity contribution in [2.24, 2.45) is 5.92 Å². The van der Waals surface area contributed by atoms with Gasteiger partial charge in [-0.25, -0.2) is 4.39 Å². The molecule has 1 aliphatic heterocycles. The molecule has 2 unspecified atom stereocenters. The van der Waals surface area contributed by atoms with Crippen molar-refractivity contribution in [2.45, 2.75) is 25.9 Å². The van der Waals surface area contributed by atoms with Crippen LogP contribution in [0.5, 0.6) is 0 Å². The third kappa shape index (κ3) is 3.52. The molecule has 19 heavy (non-hydrogen) atoms. The van der Waals surface area contributed by atoms with E-state index in [0.29, 0.717) is 18.5 Å². The molecule has 1 aromatic rings. The lowest BCUT2D eigenvalue weighted by Gasteiger charge is -2.35. The minimum Gasteiger partial charge on any atom is -0.310 e. The highest BCUT2D eigenvalue weighted by atomic mass is 19.1. The van der Waals surface area contributed by atoms with Crippen LogP contribution in [-0.4, -0.2) is 31.1 Å². The normalized spacial score (nSPS) is 24.1. The van der Waals surface area contributed by atoms with Gasteiger partial charge in [0, 0.05) is 19.1 Å². The molecular weight excluding hydrogens is 241 g/mol. The van der Waals surface area contributed by atoms with Gasteiger partial charge in [-0.2, -0.15) is 5.26 Å². The van der Waals surface area contributed by atoms with Crippen LogP contribution in [0.1, 0.15) is 24.5 Å². The van der Waals surface area contributed by atoms with Crippen LogP contribution in [-0.2, 0) is 6.54 Å². The maximum absolute atomic E-state index is 13.2. The van der Waals surface area contributed by atoms with Crippen molar-refractivity contribution in [3.8, 4) is 6.07 Å². The van der Waals surface area contributed by atoms with E-state index in [1.807, 2.05) is 6.07 Å². The molecule has 3 nitrogen and oxygen atoms in total. The van der Waals surface area contributed by atoms with Gasteiger partial charge in [0.05, 0.1) is 5.56 Å². The maximum atomic E-state index is 13.2. The molecule has 0 spiro atoms. The highest BCUT2D eigenvalue weighted by Gasteiger charge is 2.23. The Morgan fingerprint density at radius 2 is 2.32 bits per heavy atom. The zero-order valence-corrected chi connectivity index (χ0v) is 11.5. The summed E-state index contributed by atoms with van der Waals surface area (Å²) in [4.78, 5) is 2.34. The number of hydrogen-bond acceptors (Lipinski definition) is 3. The smallest absolute Gasteiger partial charge is 0.140 e. The summed E-state index contributed by atoms with van der Waals surface area (Å²) in [5, 5.41) is 12.3. The van der Waals surface area contributed by atoms with Gasteiger partial charge in [0.15, 0.2) is 0 Å². The first-order valence-corrected chi connectivity index (χ1v) is 6.70. The van der Waals surface area contributed by atoms with Crippen molar-refractivity contribution in [1.29, 1.82) is 5.26 Å². The number of benzene rings is 1. The molecule has 0 bridgehead atoms. The Labute approximate surface area is 114 Å². The van der Waals surface area contributed by atoms with Crippen LogP contribution in [0, 0.1) is 23.1 Å². The molecule has 1 fully saturated rings. The molecule has 1 saturated heterocycles. The van der Waals surface area contributed by atoms with E-state index in [4.69, 9.17) is 5.26 Å². The van der Waals surface area contributed by atoms with Crippen molar-refractivity contribution >= 4 is 0 Å². The second-order valence-electron chi connectivity index (χ2n) is 5.44. The zero-order valence-electron chi connectivity index (χ0n) is 11.5. The molecule has 2 atom stereocenters. The number of hydrogen-bond donors (Lipinski definition) is 1. The van der Waals surface area contributed by atoms with E-state index in [-0.39, 0.29) is 5.56 Å². The van der Waals surface area contributed by atoms with Crippen molar-refractivity contribution in [3.05, 3.63) is 35.1 Å². The summed E-state index contributed by atoms with van der Waals surface area (Å²) in [5.74, 6) is 0.161. The molecule has 1 N–H and O–H groups in total. The predicted molar refractivity (Wildman–Crippen MR) is 73.0 cm³/mol. The largest absolute Gasteiger partial charge is 0.310 e. The van der Waals surface area contributed by atoms with E-state index >= 15 is 0 Å². The lowest BCUT2D eigenvalue weighted by Crippen LogP contribution is -2.46. The van der Waals surface area contributed by atoms with Crippen LogP contribution < -0.4 is 5.32 Å². The zero-order chi connectivity index (χ0) is 13.8. The first-order chi connectivity index (χ1) is 9.10. The standard InChI is InChI=1S/C15H20FN3/c1-11-10-19(2)6-5-15(11)18-9-12-3-4-14(16)13(7-12)8-17/h3-4,7,11,15,18H,5-6,9-10H2,1-2H3. The topological polar surface area (TPSA) is 39.1 Å². The average molecular weight is 261 g/mol. The lowest BCUT2D eigenvalue weighted by atomic mass is 9.94. The van der Waals surface area contributed by atoms with E-state index in [1.54, 1.807) is 12.1 Å². The van der Waals surface area contributed by atoms with Crippen molar-refractivity contribution in [3.63, 3.8) is 0 Å². The molecule has 102 valence electrons. The van der Waals surface area contributed by atoms with Crippen LogP contribution in [0.15, 0.2) is 18.2 Å². The summed E-state index contributed by atoms with van der Waals surface area (Å²) in [5.41, 5.74) is 1.08. The molecule has 2 rings (SSSR count). The van der Waals surface area contributed by atoms with Crippen LogP contribution in [0.3, 0.4) is 0 Å². The third-order valence-electron chi connectivity index (χ3n) is 3.83. The van der Waals surface area contributed by atoms with Crippen LogP contribution in [0.4, 0.5) is 4.39 Å². The van der Waals surface area contributed by atoms with Crippen LogP contribution >= 0.6 is 0 Å². The van der Waals surface area contributed by atoms with E-state index in [9.17, 15) is 4.39 Å². The van der Waals surface area contributed by atoms with Crippen LogP contribution in [0.25, 0.3) is 0 Å². The fourth-order valence-electron chi connectivity index (χ4n) is 2.67. The fraction of sp³-hybridized carbons (Fsp3) is 0.533. The lowest BCUT2D eigenvalue weighted by molar-refractivity contribution is 0.174. The van der Waals surface area contributed by atoms with E-state index < -0.39 is 5.82 Å². The van der Waals surface area contributed by atoms with Crippen molar-refractivity contribution in [1.82, 2.24) is 10.2 Å². The minimum atomic E-state index is -0.445. The van der Waals surface area contributed by atoms with Crippen molar-refractivity contribution in [2.75, 3.05) is 20.1 Å². The molecule has 1 aromatic carbocycles. The molecule has 1 aliphatic rings. The van der Waals surface area contributed by atoms with Crippen molar-refractivity contribution < 1.29 is 4.39 Å². The summed E-state index contributed by atoms with van der Waals surface area (Å²) in [7, 11) is 2.14. The van der Waals surface area contributed by atoms with Gasteiger partial charge in [0.25, 0.3) is 0 Å². The molecule has 0 aliphatic carbocycles. The first-order valence-electron chi connectivity index (χ1n) is 6.70. The molecule has 1 heterocycles. The second-order valence-corrected chi connectivity index (χ2v) is 5.44. The molecule has 0 saturated carbocycles. The molecule has 0 aromatic heterocycles. The number of rotatable bonds is 3. The van der Waals surface area contributed by atoms with Gasteiger partial charge in [-0.15, -0.1) is 0 Å². The van der Waals surface area contributed by atoms with Gasteiger partial charge in [-0.3, -0.25) is 0 Å². The minimum absolute atomic E-state index is 0.121. The Morgan fingerprint density at radius 3 is 3.00 bits per heavy atom. The summed E-state index contributed by atoms with van der Waals surface area (Å²) >= 11 is 0. The Morgan fingerprint density at radius 1 is 1.53 bits per heavy atom. The summed E-state index contributed by atoms with van der Waals surface area (Å²) in [6.45, 7) is 5.14. The first kappa shape index (κ1) is 14.0. The van der Waals surface area contributed by atoms with Gasteiger partial charge in [-0.1, -0.05) is 13.0 Å². The predicted octanol–water partition coefficient (Wildman–Crippen LogP) is 2.13. The quantitative estimate of drug-likeness (QED) is 0.906. The van der Waals surface area contributed by atoms with Gasteiger partial charge in [0.2, 0.25) is 0 Å². The highest BCUT2D eigenvalue weighted by Crippen LogP contribution is 2.16. The van der Waals surface area contributed by atoms with Gasteiger partial charge in [0.1, 0.15) is 11.9 Å². The van der Waals surface area contributed by atoms with Gasteiger partial charge < -0.3 is 10.2 Å². The number of nitrogens with one attached hydrogen (secondary N) is 1. The Kier molecular flexibility index (Phi) is 4.52. The number of halogens is 1. The number of likely N-dealkylation sites (tertiary alicyclic amines) is 1. The summed E-state index contributed by atoms with van der Waals surface area (Å²) in [6, 6.07) is 7.11. The Hall–Kier alpha value is -1.44. The molecule has 4 heteroatoms.